The fourth-order valence-electron chi connectivity index (χ4n) is 2.62. The Morgan fingerprint density at radius 2 is 2.08 bits per heavy atom. The van der Waals surface area contributed by atoms with E-state index in [4.69, 9.17) is 9.47 Å². The molecule has 1 amide bonds. The van der Waals surface area contributed by atoms with Crippen LogP contribution in [-0.2, 0) is 11.3 Å². The quantitative estimate of drug-likeness (QED) is 0.672. The molecule has 0 saturated heterocycles. The smallest absolute Gasteiger partial charge is 0.246 e. The Kier molecular flexibility index (Phi) is 4.11. The first-order valence-electron chi connectivity index (χ1n) is 7.86. The SMILES string of the molecule is CN(Cc1ccc2c(c1)OCO2)C(=O)/C=C/c1nc2ccccc2s1. The molecule has 0 bridgehead atoms. The van der Waals surface area contributed by atoms with E-state index in [0.29, 0.717) is 6.54 Å². The van der Waals surface area contributed by atoms with Gasteiger partial charge in [0.05, 0.1) is 10.2 Å². The van der Waals surface area contributed by atoms with Gasteiger partial charge in [0.15, 0.2) is 11.5 Å². The molecule has 25 heavy (non-hydrogen) atoms. The van der Waals surface area contributed by atoms with E-state index in [1.807, 2.05) is 42.5 Å². The van der Waals surface area contributed by atoms with Crippen molar-refractivity contribution in [2.75, 3.05) is 13.8 Å². The normalized spacial score (nSPS) is 12.8. The second-order valence-electron chi connectivity index (χ2n) is 5.74. The molecule has 6 heteroatoms. The molecule has 0 unspecified atom stereocenters. The molecule has 5 nitrogen and oxygen atoms in total. The molecule has 3 aromatic rings. The average molecular weight is 352 g/mol. The molecular formula is C19H16N2O3S. The van der Waals surface area contributed by atoms with Crippen molar-refractivity contribution in [3.05, 3.63) is 59.1 Å². The van der Waals surface area contributed by atoms with Crippen LogP contribution in [0.15, 0.2) is 48.5 Å². The zero-order valence-corrected chi connectivity index (χ0v) is 14.5. The molecule has 0 radical (unpaired) electrons. The summed E-state index contributed by atoms with van der Waals surface area (Å²) in [4.78, 5) is 18.5. The lowest BCUT2D eigenvalue weighted by Gasteiger charge is -2.15. The lowest BCUT2D eigenvalue weighted by molar-refractivity contribution is -0.125. The first-order chi connectivity index (χ1) is 12.2. The third kappa shape index (κ3) is 3.34. The number of hydrogen-bond acceptors (Lipinski definition) is 5. The minimum atomic E-state index is -0.0723. The van der Waals surface area contributed by atoms with Gasteiger partial charge in [0.2, 0.25) is 12.7 Å². The summed E-state index contributed by atoms with van der Waals surface area (Å²) in [6, 6.07) is 13.7. The molecule has 0 fully saturated rings. The number of hydrogen-bond donors (Lipinski definition) is 0. The van der Waals surface area contributed by atoms with Gasteiger partial charge in [0.25, 0.3) is 0 Å². The van der Waals surface area contributed by atoms with Crippen LogP contribution in [0.1, 0.15) is 10.6 Å². The van der Waals surface area contributed by atoms with Gasteiger partial charge in [-0.15, -0.1) is 11.3 Å². The fourth-order valence-corrected chi connectivity index (χ4v) is 3.49. The van der Waals surface area contributed by atoms with Gasteiger partial charge in [0, 0.05) is 19.7 Å². The number of thiazole rings is 1. The highest BCUT2D eigenvalue weighted by atomic mass is 32.1. The fraction of sp³-hybridized carbons (Fsp3) is 0.158. The maximum atomic E-state index is 12.3. The van der Waals surface area contributed by atoms with Gasteiger partial charge in [-0.1, -0.05) is 18.2 Å². The van der Waals surface area contributed by atoms with E-state index >= 15 is 0 Å². The Labute approximate surface area is 149 Å². The molecule has 1 aliphatic rings. The number of carbonyl (C=O) groups is 1. The van der Waals surface area contributed by atoms with Crippen molar-refractivity contribution in [1.29, 1.82) is 0 Å². The zero-order valence-electron chi connectivity index (χ0n) is 13.6. The maximum Gasteiger partial charge on any atom is 0.246 e. The van der Waals surface area contributed by atoms with E-state index in [1.165, 1.54) is 0 Å². The number of rotatable bonds is 4. The van der Waals surface area contributed by atoms with Crippen molar-refractivity contribution < 1.29 is 14.3 Å². The van der Waals surface area contributed by atoms with Crippen molar-refractivity contribution >= 4 is 33.5 Å². The summed E-state index contributed by atoms with van der Waals surface area (Å²) < 4.78 is 11.8. The van der Waals surface area contributed by atoms with Crippen LogP contribution in [0.4, 0.5) is 0 Å². The Morgan fingerprint density at radius 3 is 2.96 bits per heavy atom. The second-order valence-corrected chi connectivity index (χ2v) is 6.80. The van der Waals surface area contributed by atoms with E-state index in [1.54, 1.807) is 35.4 Å². The van der Waals surface area contributed by atoms with Crippen LogP contribution in [-0.4, -0.2) is 29.6 Å². The number of amides is 1. The lowest BCUT2D eigenvalue weighted by atomic mass is 10.2. The van der Waals surface area contributed by atoms with Crippen LogP contribution in [0.2, 0.25) is 0 Å². The van der Waals surface area contributed by atoms with Crippen molar-refractivity contribution in [3.63, 3.8) is 0 Å². The van der Waals surface area contributed by atoms with Crippen LogP contribution in [0.3, 0.4) is 0 Å². The summed E-state index contributed by atoms with van der Waals surface area (Å²) >= 11 is 1.57. The number of para-hydroxylation sites is 1. The van der Waals surface area contributed by atoms with E-state index in [9.17, 15) is 4.79 Å². The van der Waals surface area contributed by atoms with Crippen molar-refractivity contribution in [2.24, 2.45) is 0 Å². The van der Waals surface area contributed by atoms with Gasteiger partial charge in [-0.05, 0) is 35.9 Å². The van der Waals surface area contributed by atoms with Gasteiger partial charge >= 0.3 is 0 Å². The highest BCUT2D eigenvalue weighted by molar-refractivity contribution is 7.19. The minimum absolute atomic E-state index is 0.0723. The number of benzene rings is 2. The highest BCUT2D eigenvalue weighted by Gasteiger charge is 2.14. The Bertz CT molecular complexity index is 931. The molecule has 4 rings (SSSR count). The lowest BCUT2D eigenvalue weighted by Crippen LogP contribution is -2.24. The molecule has 2 heterocycles. The van der Waals surface area contributed by atoms with Gasteiger partial charge < -0.3 is 14.4 Å². The topological polar surface area (TPSA) is 51.7 Å². The summed E-state index contributed by atoms with van der Waals surface area (Å²) in [5, 5.41) is 0.825. The molecule has 126 valence electrons. The second kappa shape index (κ2) is 6.57. The number of carbonyl (C=O) groups excluding carboxylic acids is 1. The van der Waals surface area contributed by atoms with Crippen molar-refractivity contribution in [3.8, 4) is 11.5 Å². The van der Waals surface area contributed by atoms with E-state index in [-0.39, 0.29) is 12.7 Å². The molecule has 2 aromatic carbocycles. The van der Waals surface area contributed by atoms with Crippen LogP contribution in [0.5, 0.6) is 11.5 Å². The standard InChI is InChI=1S/C19H16N2O3S/c1-21(11-13-6-7-15-16(10-13)24-12-23-15)19(22)9-8-18-20-14-4-2-3-5-17(14)25-18/h2-10H,11-12H2,1H3/b9-8+. The maximum absolute atomic E-state index is 12.3. The first kappa shape index (κ1) is 15.7. The summed E-state index contributed by atoms with van der Waals surface area (Å²) in [6.45, 7) is 0.748. The van der Waals surface area contributed by atoms with Crippen LogP contribution >= 0.6 is 11.3 Å². The Morgan fingerprint density at radius 1 is 1.24 bits per heavy atom. The van der Waals surface area contributed by atoms with Gasteiger partial charge in [0.1, 0.15) is 5.01 Å². The van der Waals surface area contributed by atoms with E-state index in [2.05, 4.69) is 4.98 Å². The van der Waals surface area contributed by atoms with Gasteiger partial charge in [-0.25, -0.2) is 4.98 Å². The average Bonchev–Trinajstić information content (AvgIpc) is 3.25. The Balaban J connectivity index is 1.43. The summed E-state index contributed by atoms with van der Waals surface area (Å²) in [6.07, 6.45) is 3.33. The molecular weight excluding hydrogens is 336 g/mol. The third-order valence-corrected chi connectivity index (χ3v) is 4.91. The van der Waals surface area contributed by atoms with E-state index < -0.39 is 0 Å². The zero-order chi connectivity index (χ0) is 17.2. The predicted octanol–water partition coefficient (Wildman–Crippen LogP) is 3.70. The summed E-state index contributed by atoms with van der Waals surface area (Å²) in [5.41, 5.74) is 1.95. The molecule has 1 aliphatic heterocycles. The first-order valence-corrected chi connectivity index (χ1v) is 8.68. The van der Waals surface area contributed by atoms with Crippen LogP contribution in [0, 0.1) is 0 Å². The number of nitrogens with zero attached hydrogens (tertiary/aromatic N) is 2. The summed E-state index contributed by atoms with van der Waals surface area (Å²) in [7, 11) is 1.77. The third-order valence-electron chi connectivity index (χ3n) is 3.91. The van der Waals surface area contributed by atoms with Crippen LogP contribution in [0.25, 0.3) is 16.3 Å². The summed E-state index contributed by atoms with van der Waals surface area (Å²) in [5.74, 6) is 1.40. The van der Waals surface area contributed by atoms with Gasteiger partial charge in [-0.3, -0.25) is 4.79 Å². The molecule has 0 saturated carbocycles. The minimum Gasteiger partial charge on any atom is -0.454 e. The molecule has 0 spiro atoms. The number of aromatic nitrogens is 1. The van der Waals surface area contributed by atoms with E-state index in [0.717, 1.165) is 32.3 Å². The Hall–Kier alpha value is -2.86. The number of likely N-dealkylation sites (N-methyl/N-ethyl adjacent to an activating group) is 1. The number of ether oxygens (including phenoxy) is 2. The molecule has 0 aliphatic carbocycles. The molecule has 1 aromatic heterocycles. The van der Waals surface area contributed by atoms with Crippen LogP contribution < -0.4 is 9.47 Å². The molecule has 0 atom stereocenters. The van der Waals surface area contributed by atoms with Crippen molar-refractivity contribution in [2.45, 2.75) is 6.54 Å². The van der Waals surface area contributed by atoms with Crippen molar-refractivity contribution in [1.82, 2.24) is 9.88 Å². The largest absolute Gasteiger partial charge is 0.454 e. The van der Waals surface area contributed by atoms with Gasteiger partial charge in [-0.2, -0.15) is 0 Å². The predicted molar refractivity (Wildman–Crippen MR) is 97.7 cm³/mol. The highest BCUT2D eigenvalue weighted by Crippen LogP contribution is 2.32. The molecule has 0 N–H and O–H groups in total. The monoisotopic (exact) mass is 352 g/mol. The number of fused-ring (bicyclic) bond motifs is 2.